The van der Waals surface area contributed by atoms with Crippen LogP contribution < -0.4 is 0 Å². The maximum absolute atomic E-state index is 12.6. The summed E-state index contributed by atoms with van der Waals surface area (Å²) in [5.41, 5.74) is 0.718. The monoisotopic (exact) mass is 349 g/mol. The van der Waals surface area contributed by atoms with Crippen LogP contribution in [-0.4, -0.2) is 36.0 Å². The van der Waals surface area contributed by atoms with Crippen LogP contribution >= 0.6 is 11.6 Å². The van der Waals surface area contributed by atoms with Crippen LogP contribution in [0.4, 0.5) is 0 Å². The summed E-state index contributed by atoms with van der Waals surface area (Å²) in [6.07, 6.45) is 3.17. The fourth-order valence-electron chi connectivity index (χ4n) is 4.67. The largest absolute Gasteiger partial charge is 0.452 e. The molecule has 5 heteroatoms. The third-order valence-electron chi connectivity index (χ3n) is 5.16. The van der Waals surface area contributed by atoms with Crippen molar-refractivity contribution >= 4 is 23.5 Å². The van der Waals surface area contributed by atoms with Gasteiger partial charge < -0.3 is 9.64 Å². The summed E-state index contributed by atoms with van der Waals surface area (Å²) in [4.78, 5) is 26.6. The maximum Gasteiger partial charge on any atom is 0.340 e. The topological polar surface area (TPSA) is 46.6 Å². The average Bonchev–Trinajstić information content (AvgIpc) is 2.74. The third-order valence-corrected chi connectivity index (χ3v) is 5.49. The van der Waals surface area contributed by atoms with Crippen molar-refractivity contribution in [1.82, 2.24) is 4.90 Å². The Kier molecular flexibility index (Phi) is 4.37. The SMILES string of the molecule is CC1(C)C[C@@H]2C[C@@](C)(CN2C(=O)COC(=O)c2ccccc2Cl)C1. The Morgan fingerprint density at radius 3 is 2.67 bits per heavy atom. The van der Waals surface area contributed by atoms with Gasteiger partial charge in [0.1, 0.15) is 0 Å². The lowest BCUT2D eigenvalue weighted by atomic mass is 9.65. The molecule has 1 amide bonds. The number of likely N-dealkylation sites (tertiary alicyclic amines) is 1. The predicted octanol–water partition coefficient (Wildman–Crippen LogP) is 3.92. The van der Waals surface area contributed by atoms with Crippen LogP contribution in [0.25, 0.3) is 0 Å². The van der Waals surface area contributed by atoms with E-state index in [0.29, 0.717) is 10.6 Å². The molecule has 0 radical (unpaired) electrons. The molecule has 24 heavy (non-hydrogen) atoms. The minimum atomic E-state index is -0.553. The van der Waals surface area contributed by atoms with Crippen molar-refractivity contribution in [2.45, 2.75) is 46.1 Å². The van der Waals surface area contributed by atoms with Crippen LogP contribution in [0.15, 0.2) is 24.3 Å². The first kappa shape index (κ1) is 17.3. The number of carbonyl (C=O) groups excluding carboxylic acids is 2. The van der Waals surface area contributed by atoms with E-state index in [4.69, 9.17) is 16.3 Å². The zero-order valence-electron chi connectivity index (χ0n) is 14.5. The van der Waals surface area contributed by atoms with Crippen molar-refractivity contribution in [3.63, 3.8) is 0 Å². The van der Waals surface area contributed by atoms with Gasteiger partial charge in [-0.05, 0) is 42.2 Å². The molecule has 1 saturated heterocycles. The van der Waals surface area contributed by atoms with Gasteiger partial charge in [0, 0.05) is 12.6 Å². The van der Waals surface area contributed by atoms with E-state index in [1.807, 2.05) is 4.90 Å². The highest BCUT2D eigenvalue weighted by molar-refractivity contribution is 6.33. The zero-order valence-corrected chi connectivity index (χ0v) is 15.2. The minimum Gasteiger partial charge on any atom is -0.452 e. The van der Waals surface area contributed by atoms with Crippen LogP contribution in [0.3, 0.4) is 0 Å². The summed E-state index contributed by atoms with van der Waals surface area (Å²) >= 11 is 5.99. The number of ether oxygens (including phenoxy) is 1. The van der Waals surface area contributed by atoms with E-state index in [1.54, 1.807) is 24.3 Å². The molecule has 1 aliphatic carbocycles. The van der Waals surface area contributed by atoms with Crippen molar-refractivity contribution in [3.8, 4) is 0 Å². The lowest BCUT2D eigenvalue weighted by Gasteiger charge is -2.39. The smallest absolute Gasteiger partial charge is 0.340 e. The Labute approximate surface area is 148 Å². The number of halogens is 1. The Morgan fingerprint density at radius 1 is 1.25 bits per heavy atom. The minimum absolute atomic E-state index is 0.109. The fraction of sp³-hybridized carbons (Fsp3) is 0.579. The van der Waals surface area contributed by atoms with Gasteiger partial charge in [0.2, 0.25) is 0 Å². The summed E-state index contributed by atoms with van der Waals surface area (Å²) in [6.45, 7) is 7.32. The fourth-order valence-corrected chi connectivity index (χ4v) is 4.88. The summed E-state index contributed by atoms with van der Waals surface area (Å²) < 4.78 is 5.20. The number of rotatable bonds is 3. The van der Waals surface area contributed by atoms with Gasteiger partial charge in [-0.25, -0.2) is 4.79 Å². The molecule has 1 heterocycles. The zero-order chi connectivity index (χ0) is 17.5. The predicted molar refractivity (Wildman–Crippen MR) is 93.0 cm³/mol. The third kappa shape index (κ3) is 3.44. The first-order chi connectivity index (χ1) is 11.2. The lowest BCUT2D eigenvalue weighted by molar-refractivity contribution is -0.135. The molecule has 1 aromatic carbocycles. The Bertz CT molecular complexity index is 672. The molecule has 1 aliphatic heterocycles. The quantitative estimate of drug-likeness (QED) is 0.777. The molecule has 0 spiro atoms. The van der Waals surface area contributed by atoms with E-state index >= 15 is 0 Å². The van der Waals surface area contributed by atoms with Crippen molar-refractivity contribution in [2.75, 3.05) is 13.2 Å². The first-order valence-corrected chi connectivity index (χ1v) is 8.78. The molecule has 1 aromatic rings. The Hall–Kier alpha value is -1.55. The molecule has 0 aromatic heterocycles. The van der Waals surface area contributed by atoms with Crippen LogP contribution in [0, 0.1) is 10.8 Å². The number of fused-ring (bicyclic) bond motifs is 2. The van der Waals surface area contributed by atoms with E-state index < -0.39 is 5.97 Å². The van der Waals surface area contributed by atoms with Crippen molar-refractivity contribution in [1.29, 1.82) is 0 Å². The summed E-state index contributed by atoms with van der Waals surface area (Å²) in [5.74, 6) is -0.663. The van der Waals surface area contributed by atoms with Crippen molar-refractivity contribution in [2.24, 2.45) is 10.8 Å². The van der Waals surface area contributed by atoms with Gasteiger partial charge in [-0.3, -0.25) is 4.79 Å². The lowest BCUT2D eigenvalue weighted by Crippen LogP contribution is -2.39. The Balaban J connectivity index is 1.62. The number of nitrogens with zero attached hydrogens (tertiary/aromatic N) is 1. The molecular weight excluding hydrogens is 326 g/mol. The van der Waals surface area contributed by atoms with Crippen LogP contribution in [0.5, 0.6) is 0 Å². The van der Waals surface area contributed by atoms with E-state index in [9.17, 15) is 9.59 Å². The van der Waals surface area contributed by atoms with Gasteiger partial charge >= 0.3 is 5.97 Å². The van der Waals surface area contributed by atoms with Crippen molar-refractivity contribution < 1.29 is 14.3 Å². The molecule has 1 saturated carbocycles. The van der Waals surface area contributed by atoms with Gasteiger partial charge in [0.25, 0.3) is 5.91 Å². The summed E-state index contributed by atoms with van der Waals surface area (Å²) in [7, 11) is 0. The normalized spacial score (nSPS) is 27.8. The summed E-state index contributed by atoms with van der Waals surface area (Å²) in [5, 5.41) is 0.334. The van der Waals surface area contributed by atoms with Gasteiger partial charge in [-0.1, -0.05) is 44.5 Å². The second-order valence-electron chi connectivity index (χ2n) is 8.29. The number of esters is 1. The Morgan fingerprint density at radius 2 is 1.96 bits per heavy atom. The second kappa shape index (κ2) is 6.07. The van der Waals surface area contributed by atoms with E-state index in [-0.39, 0.29) is 29.4 Å². The first-order valence-electron chi connectivity index (χ1n) is 8.40. The van der Waals surface area contributed by atoms with Gasteiger partial charge in [0.05, 0.1) is 10.6 Å². The molecule has 2 bridgehead atoms. The number of benzene rings is 1. The van der Waals surface area contributed by atoms with Gasteiger partial charge in [-0.15, -0.1) is 0 Å². The van der Waals surface area contributed by atoms with E-state index in [1.165, 1.54) is 0 Å². The average molecular weight is 350 g/mol. The maximum atomic E-state index is 12.6. The number of carbonyl (C=O) groups is 2. The number of hydrogen-bond acceptors (Lipinski definition) is 3. The highest BCUT2D eigenvalue weighted by atomic mass is 35.5. The molecule has 2 atom stereocenters. The number of amides is 1. The molecule has 130 valence electrons. The van der Waals surface area contributed by atoms with Crippen LogP contribution in [-0.2, 0) is 9.53 Å². The molecule has 0 N–H and O–H groups in total. The van der Waals surface area contributed by atoms with Crippen LogP contribution in [0.2, 0.25) is 5.02 Å². The van der Waals surface area contributed by atoms with E-state index in [0.717, 1.165) is 25.8 Å². The molecule has 4 nitrogen and oxygen atoms in total. The van der Waals surface area contributed by atoms with Gasteiger partial charge in [-0.2, -0.15) is 0 Å². The molecule has 2 fully saturated rings. The second-order valence-corrected chi connectivity index (χ2v) is 8.70. The molecule has 3 rings (SSSR count). The van der Waals surface area contributed by atoms with Gasteiger partial charge in [0.15, 0.2) is 6.61 Å². The molecular formula is C19H24ClNO3. The molecule has 2 aliphatic rings. The summed E-state index contributed by atoms with van der Waals surface area (Å²) in [6, 6.07) is 6.95. The van der Waals surface area contributed by atoms with E-state index in [2.05, 4.69) is 20.8 Å². The van der Waals surface area contributed by atoms with Crippen LogP contribution in [0.1, 0.15) is 50.4 Å². The van der Waals surface area contributed by atoms with Crippen molar-refractivity contribution in [3.05, 3.63) is 34.9 Å². The standard InChI is InChI=1S/C19H24ClNO3/c1-18(2)8-13-9-19(3,11-18)12-21(13)16(22)10-24-17(23)14-6-4-5-7-15(14)20/h4-7,13H,8-12H2,1-3H3/t13-,19-/m1/s1. The highest BCUT2D eigenvalue weighted by Crippen LogP contribution is 2.52. The molecule has 0 unspecified atom stereocenters. The highest BCUT2D eigenvalue weighted by Gasteiger charge is 2.50. The number of hydrogen-bond donors (Lipinski definition) is 0.